The van der Waals surface area contributed by atoms with E-state index in [1.54, 1.807) is 20.0 Å². The van der Waals surface area contributed by atoms with Gasteiger partial charge in [-0.3, -0.25) is 4.57 Å². The van der Waals surface area contributed by atoms with Crippen LogP contribution >= 0.6 is 11.6 Å². The molecule has 2 heterocycles. The van der Waals surface area contributed by atoms with Crippen LogP contribution in [0.3, 0.4) is 0 Å². The molecule has 11 nitrogen and oxygen atoms in total. The summed E-state index contributed by atoms with van der Waals surface area (Å²) in [5, 5.41) is 18.7. The van der Waals surface area contributed by atoms with E-state index in [1.165, 1.54) is 12.1 Å². The van der Waals surface area contributed by atoms with Gasteiger partial charge in [0.05, 0.1) is 36.5 Å². The normalized spacial score (nSPS) is 14.3. The Bertz CT molecular complexity index is 1150. The number of nitrogens with zero attached hydrogens (tertiary/aromatic N) is 2. The maximum atomic E-state index is 12.5. The summed E-state index contributed by atoms with van der Waals surface area (Å²) in [6, 6.07) is 2.87. The fourth-order valence-corrected chi connectivity index (χ4v) is 3.16. The van der Waals surface area contributed by atoms with Gasteiger partial charge in [-0.05, 0) is 13.0 Å². The Morgan fingerprint density at radius 2 is 2.12 bits per heavy atom. The van der Waals surface area contributed by atoms with Crippen molar-refractivity contribution < 1.29 is 33.3 Å². The fraction of sp³-hybridized carbons (Fsp3) is 0.450. The minimum Gasteiger partial charge on any atom is -0.481 e. The number of fused-ring (bicyclic) bond motifs is 1. The maximum Gasteiger partial charge on any atom is 0.420 e. The van der Waals surface area contributed by atoms with Crippen molar-refractivity contribution in [3.63, 3.8) is 0 Å². The van der Waals surface area contributed by atoms with Gasteiger partial charge in [0.2, 0.25) is 0 Å². The van der Waals surface area contributed by atoms with Gasteiger partial charge in [0.1, 0.15) is 5.75 Å². The first kappa shape index (κ1) is 23.8. The van der Waals surface area contributed by atoms with Gasteiger partial charge in [0.15, 0.2) is 28.9 Å². The smallest absolute Gasteiger partial charge is 0.420 e. The molecule has 0 fully saturated rings. The lowest BCUT2D eigenvalue weighted by molar-refractivity contribution is -0.152. The number of carbonyl (C=O) groups excluding carboxylic acids is 1. The lowest BCUT2D eigenvalue weighted by Gasteiger charge is -2.25. The average molecular weight is 470 g/mol. The fourth-order valence-electron chi connectivity index (χ4n) is 2.95. The summed E-state index contributed by atoms with van der Waals surface area (Å²) >= 11 is 6.35. The zero-order valence-corrected chi connectivity index (χ0v) is 18.3. The summed E-state index contributed by atoms with van der Waals surface area (Å²) in [4.78, 5) is 28.8. The standard InChI is InChI=1S/C20H24ClN3O8/c1-11(17-8-23-12(2)31-17)30-15-7-16-14(6-13(15)21)24(19(28)32-16)9-20(22,10-26)18(27)29-5-3-4-25/h6-8,11,25-26H,3-5,9-10,22H2,1-2H3. The van der Waals surface area contributed by atoms with Crippen LogP contribution in [-0.4, -0.2) is 51.1 Å². The van der Waals surface area contributed by atoms with E-state index in [2.05, 4.69) is 4.98 Å². The number of oxazole rings is 2. The lowest BCUT2D eigenvalue weighted by atomic mass is 10.0. The number of aryl methyl sites for hydroxylation is 1. The van der Waals surface area contributed by atoms with Crippen molar-refractivity contribution in [3.05, 3.63) is 45.6 Å². The third kappa shape index (κ3) is 4.96. The van der Waals surface area contributed by atoms with Crippen molar-refractivity contribution >= 4 is 28.7 Å². The molecule has 4 N–H and O–H groups in total. The molecule has 0 saturated carbocycles. The molecule has 12 heteroatoms. The molecule has 0 saturated heterocycles. The monoisotopic (exact) mass is 469 g/mol. The molecule has 2 aromatic heterocycles. The predicted molar refractivity (Wildman–Crippen MR) is 112 cm³/mol. The van der Waals surface area contributed by atoms with Gasteiger partial charge in [-0.25, -0.2) is 14.6 Å². The molecule has 0 radical (unpaired) electrons. The summed E-state index contributed by atoms with van der Waals surface area (Å²) in [5.74, 6) is -0.501. The van der Waals surface area contributed by atoms with Crippen LogP contribution < -0.4 is 16.2 Å². The molecule has 0 aliphatic heterocycles. The Labute approximate surface area is 187 Å². The zero-order valence-electron chi connectivity index (χ0n) is 17.5. The van der Waals surface area contributed by atoms with Gasteiger partial charge in [-0.15, -0.1) is 0 Å². The Morgan fingerprint density at radius 1 is 1.38 bits per heavy atom. The molecule has 0 aliphatic rings. The summed E-state index contributed by atoms with van der Waals surface area (Å²) in [6.07, 6.45) is 1.24. The average Bonchev–Trinajstić information content (AvgIpc) is 3.31. The second-order valence-corrected chi connectivity index (χ2v) is 7.68. The van der Waals surface area contributed by atoms with Crippen molar-refractivity contribution in [2.24, 2.45) is 5.73 Å². The SMILES string of the molecule is Cc1ncc(C(C)Oc2cc3oc(=O)n(CC(N)(CO)C(=O)OCCCO)c3cc2Cl)o1. The minimum atomic E-state index is -1.91. The van der Waals surface area contributed by atoms with Crippen LogP contribution in [0.2, 0.25) is 5.02 Å². The van der Waals surface area contributed by atoms with E-state index in [9.17, 15) is 14.7 Å². The van der Waals surface area contributed by atoms with Crippen molar-refractivity contribution in [1.29, 1.82) is 0 Å². The number of ether oxygens (including phenoxy) is 2. The number of esters is 1. The van der Waals surface area contributed by atoms with Crippen LogP contribution in [-0.2, 0) is 16.1 Å². The van der Waals surface area contributed by atoms with Crippen LogP contribution in [0, 0.1) is 6.92 Å². The minimum absolute atomic E-state index is 0.0786. The van der Waals surface area contributed by atoms with Gasteiger partial charge in [0, 0.05) is 26.0 Å². The highest BCUT2D eigenvalue weighted by molar-refractivity contribution is 6.32. The molecule has 0 spiro atoms. The van der Waals surface area contributed by atoms with E-state index >= 15 is 0 Å². The zero-order chi connectivity index (χ0) is 23.5. The number of halogens is 1. The van der Waals surface area contributed by atoms with Crippen LogP contribution in [0.5, 0.6) is 5.75 Å². The van der Waals surface area contributed by atoms with Gasteiger partial charge in [-0.2, -0.15) is 0 Å². The third-order valence-corrected chi connectivity index (χ3v) is 5.03. The molecule has 32 heavy (non-hydrogen) atoms. The van der Waals surface area contributed by atoms with Crippen molar-refractivity contribution in [3.8, 4) is 5.75 Å². The first-order valence-electron chi connectivity index (χ1n) is 9.78. The van der Waals surface area contributed by atoms with Gasteiger partial charge < -0.3 is 34.3 Å². The van der Waals surface area contributed by atoms with Crippen LogP contribution in [0.15, 0.2) is 32.0 Å². The van der Waals surface area contributed by atoms with E-state index in [0.29, 0.717) is 11.7 Å². The molecular weight excluding hydrogens is 446 g/mol. The Morgan fingerprint density at radius 3 is 2.75 bits per heavy atom. The van der Waals surface area contributed by atoms with Crippen LogP contribution in [0.1, 0.15) is 31.1 Å². The third-order valence-electron chi connectivity index (χ3n) is 4.73. The van der Waals surface area contributed by atoms with Crippen molar-refractivity contribution in [2.75, 3.05) is 19.8 Å². The summed E-state index contributed by atoms with van der Waals surface area (Å²) in [7, 11) is 0. The first-order valence-corrected chi connectivity index (χ1v) is 10.2. The highest BCUT2D eigenvalue weighted by Crippen LogP contribution is 2.33. The molecule has 3 aromatic rings. The van der Waals surface area contributed by atoms with Crippen molar-refractivity contribution in [2.45, 2.75) is 38.5 Å². The van der Waals surface area contributed by atoms with Crippen molar-refractivity contribution in [1.82, 2.24) is 9.55 Å². The number of benzene rings is 1. The Balaban J connectivity index is 1.87. The number of aliphatic hydroxyl groups excluding tert-OH is 2. The summed E-state index contributed by atoms with van der Waals surface area (Å²) in [5.41, 5.74) is 4.50. The predicted octanol–water partition coefficient (Wildman–Crippen LogP) is 1.30. The molecule has 3 rings (SSSR count). The van der Waals surface area contributed by atoms with Crippen LogP contribution in [0.25, 0.3) is 11.1 Å². The molecule has 2 unspecified atom stereocenters. The Hall–Kier alpha value is -2.86. The number of carbonyl (C=O) groups is 1. The maximum absolute atomic E-state index is 12.5. The first-order chi connectivity index (χ1) is 15.2. The summed E-state index contributed by atoms with van der Waals surface area (Å²) in [6.45, 7) is 2.00. The number of aliphatic hydroxyl groups is 2. The summed E-state index contributed by atoms with van der Waals surface area (Å²) < 4.78 is 22.6. The van der Waals surface area contributed by atoms with E-state index < -0.39 is 36.5 Å². The molecule has 1 aromatic carbocycles. The molecule has 0 amide bonds. The van der Waals surface area contributed by atoms with Gasteiger partial charge in [0.25, 0.3) is 0 Å². The number of hydrogen-bond acceptors (Lipinski definition) is 10. The molecule has 0 aliphatic carbocycles. The quantitative estimate of drug-likeness (QED) is 0.291. The van der Waals surface area contributed by atoms with Crippen LogP contribution in [0.4, 0.5) is 0 Å². The van der Waals surface area contributed by atoms with E-state index in [1.807, 2.05) is 0 Å². The molecule has 0 bridgehead atoms. The number of aromatic nitrogens is 2. The number of hydrogen-bond donors (Lipinski definition) is 3. The van der Waals surface area contributed by atoms with E-state index in [0.717, 1.165) is 4.57 Å². The van der Waals surface area contributed by atoms with E-state index in [-0.39, 0.29) is 41.5 Å². The van der Waals surface area contributed by atoms with E-state index in [4.69, 9.17) is 40.7 Å². The molecule has 2 atom stereocenters. The molecule has 174 valence electrons. The number of nitrogens with two attached hydrogens (primary N) is 1. The lowest BCUT2D eigenvalue weighted by Crippen LogP contribution is -2.56. The van der Waals surface area contributed by atoms with Gasteiger partial charge >= 0.3 is 11.7 Å². The highest BCUT2D eigenvalue weighted by Gasteiger charge is 2.37. The topological polar surface area (TPSA) is 163 Å². The molecular formula is C20H24ClN3O8. The largest absolute Gasteiger partial charge is 0.481 e. The second-order valence-electron chi connectivity index (χ2n) is 7.27. The highest BCUT2D eigenvalue weighted by atomic mass is 35.5. The Kier molecular flexibility index (Phi) is 7.24. The van der Waals surface area contributed by atoms with Gasteiger partial charge in [-0.1, -0.05) is 11.6 Å². The number of rotatable bonds is 10. The second kappa shape index (κ2) is 9.74.